The fourth-order valence-corrected chi connectivity index (χ4v) is 3.22. The lowest BCUT2D eigenvalue weighted by atomic mass is 10.0. The van der Waals surface area contributed by atoms with E-state index in [2.05, 4.69) is 52.8 Å². The number of fused-ring (bicyclic) bond motifs is 1. The highest BCUT2D eigenvalue weighted by Gasteiger charge is 2.15. The van der Waals surface area contributed by atoms with Gasteiger partial charge in [-0.25, -0.2) is 0 Å². The molecule has 0 spiro atoms. The monoisotopic (exact) mass is 354 g/mol. The Hall–Kier alpha value is -2.60. The molecule has 2 heterocycles. The quantitative estimate of drug-likeness (QED) is 0.806. The van der Waals surface area contributed by atoms with E-state index in [9.17, 15) is 0 Å². The molecule has 0 radical (unpaired) electrons. The van der Waals surface area contributed by atoms with Gasteiger partial charge in [-0.15, -0.1) is 0 Å². The van der Waals surface area contributed by atoms with Crippen molar-refractivity contribution in [1.29, 1.82) is 0 Å². The lowest BCUT2D eigenvalue weighted by Gasteiger charge is -2.20. The van der Waals surface area contributed by atoms with Crippen LogP contribution >= 0.6 is 12.2 Å². The maximum Gasteiger partial charge on any atom is 0.175 e. The van der Waals surface area contributed by atoms with E-state index in [1.165, 1.54) is 16.8 Å². The van der Waals surface area contributed by atoms with Gasteiger partial charge in [-0.05, 0) is 49.7 Å². The number of hydrogen-bond donors (Lipinski definition) is 2. The van der Waals surface area contributed by atoms with Gasteiger partial charge in [0.15, 0.2) is 5.11 Å². The first-order valence-electron chi connectivity index (χ1n) is 8.16. The molecule has 130 valence electrons. The third kappa shape index (κ3) is 3.91. The molecule has 0 unspecified atom stereocenters. The lowest BCUT2D eigenvalue weighted by Crippen LogP contribution is -2.21. The Morgan fingerprint density at radius 3 is 2.80 bits per heavy atom. The number of anilines is 3. The van der Waals surface area contributed by atoms with Crippen LogP contribution in [0.5, 0.6) is 5.75 Å². The van der Waals surface area contributed by atoms with E-state index in [1.54, 1.807) is 25.6 Å². The molecule has 2 aromatic rings. The van der Waals surface area contributed by atoms with Gasteiger partial charge in [0.1, 0.15) is 11.4 Å². The number of benzene rings is 1. The fraction of sp³-hybridized carbons (Fsp3) is 0.263. The number of hydrogen-bond acceptors (Lipinski definition) is 4. The third-order valence-electron chi connectivity index (χ3n) is 4.21. The summed E-state index contributed by atoms with van der Waals surface area (Å²) in [4.78, 5) is 6.28. The van der Waals surface area contributed by atoms with E-state index in [4.69, 9.17) is 17.0 Å². The molecule has 0 atom stereocenters. The van der Waals surface area contributed by atoms with Crippen LogP contribution in [0.3, 0.4) is 0 Å². The van der Waals surface area contributed by atoms with Crippen molar-refractivity contribution in [1.82, 2.24) is 4.98 Å². The average Bonchev–Trinajstić information content (AvgIpc) is 2.74. The van der Waals surface area contributed by atoms with Gasteiger partial charge in [0, 0.05) is 36.9 Å². The summed E-state index contributed by atoms with van der Waals surface area (Å²) in [6.45, 7) is 2.16. The summed E-state index contributed by atoms with van der Waals surface area (Å²) in [6.07, 6.45) is 7.57. The van der Waals surface area contributed by atoms with Crippen LogP contribution in [0.15, 0.2) is 48.4 Å². The smallest absolute Gasteiger partial charge is 0.175 e. The Bertz CT molecular complexity index is 819. The first-order valence-corrected chi connectivity index (χ1v) is 8.57. The minimum Gasteiger partial charge on any atom is -0.494 e. The number of aromatic nitrogens is 1. The van der Waals surface area contributed by atoms with Crippen LogP contribution in [0.4, 0.5) is 17.1 Å². The van der Waals surface area contributed by atoms with Gasteiger partial charge in [-0.3, -0.25) is 4.98 Å². The van der Waals surface area contributed by atoms with Crippen LogP contribution < -0.4 is 20.3 Å². The maximum atomic E-state index is 5.48. The minimum atomic E-state index is 0.510. The summed E-state index contributed by atoms with van der Waals surface area (Å²) in [7, 11) is 3.70. The summed E-state index contributed by atoms with van der Waals surface area (Å²) in [5.74, 6) is 0.700. The number of nitrogens with one attached hydrogen (secondary N) is 2. The van der Waals surface area contributed by atoms with Gasteiger partial charge in [0.2, 0.25) is 0 Å². The summed E-state index contributed by atoms with van der Waals surface area (Å²) in [5, 5.41) is 6.99. The van der Waals surface area contributed by atoms with Crippen molar-refractivity contribution in [2.24, 2.45) is 0 Å². The zero-order valence-corrected chi connectivity index (χ0v) is 15.5. The van der Waals surface area contributed by atoms with Crippen LogP contribution in [0, 0.1) is 0 Å². The van der Waals surface area contributed by atoms with Crippen molar-refractivity contribution in [2.45, 2.75) is 19.8 Å². The molecule has 25 heavy (non-hydrogen) atoms. The Kier molecular flexibility index (Phi) is 5.19. The SMILES string of the molecule is COc1ccncc1NC(=S)Nc1cccc2c1CCC(C)=CN2C. The molecule has 0 saturated heterocycles. The van der Waals surface area contributed by atoms with Gasteiger partial charge < -0.3 is 20.3 Å². The summed E-state index contributed by atoms with van der Waals surface area (Å²) in [5.41, 5.74) is 5.58. The van der Waals surface area contributed by atoms with Crippen LogP contribution in [0.25, 0.3) is 0 Å². The number of nitrogens with zero attached hydrogens (tertiary/aromatic N) is 2. The Morgan fingerprint density at radius 2 is 2.00 bits per heavy atom. The fourth-order valence-electron chi connectivity index (χ4n) is 3.00. The van der Waals surface area contributed by atoms with Crippen molar-refractivity contribution in [3.05, 3.63) is 54.0 Å². The van der Waals surface area contributed by atoms with Crippen LogP contribution in [-0.4, -0.2) is 24.3 Å². The highest BCUT2D eigenvalue weighted by atomic mass is 32.1. The highest BCUT2D eigenvalue weighted by molar-refractivity contribution is 7.80. The van der Waals surface area contributed by atoms with E-state index in [0.29, 0.717) is 10.9 Å². The number of allylic oxidation sites excluding steroid dienone is 1. The number of rotatable bonds is 3. The van der Waals surface area contributed by atoms with E-state index < -0.39 is 0 Å². The molecule has 1 aliphatic heterocycles. The van der Waals surface area contributed by atoms with Gasteiger partial charge in [-0.1, -0.05) is 11.6 Å². The minimum absolute atomic E-state index is 0.510. The number of ether oxygens (including phenoxy) is 1. The normalized spacial score (nSPS) is 13.4. The van der Waals surface area contributed by atoms with E-state index in [-0.39, 0.29) is 0 Å². The predicted octanol–water partition coefficient (Wildman–Crippen LogP) is 4.19. The molecule has 1 aromatic carbocycles. The molecule has 0 fully saturated rings. The summed E-state index contributed by atoms with van der Waals surface area (Å²) >= 11 is 5.48. The second-order valence-electron chi connectivity index (χ2n) is 6.04. The highest BCUT2D eigenvalue weighted by Crippen LogP contribution is 2.32. The van der Waals surface area contributed by atoms with E-state index in [1.807, 2.05) is 6.07 Å². The van der Waals surface area contributed by atoms with Gasteiger partial charge >= 0.3 is 0 Å². The molecule has 1 aliphatic rings. The van der Waals surface area contributed by atoms with Gasteiger partial charge in [0.25, 0.3) is 0 Å². The van der Waals surface area contributed by atoms with Gasteiger partial charge in [0.05, 0.1) is 13.3 Å². The molecule has 0 amide bonds. The van der Waals surface area contributed by atoms with E-state index in [0.717, 1.165) is 24.2 Å². The van der Waals surface area contributed by atoms with Gasteiger partial charge in [-0.2, -0.15) is 0 Å². The molecule has 3 rings (SSSR count). The topological polar surface area (TPSA) is 49.4 Å². The molecule has 1 aromatic heterocycles. The molecular weight excluding hydrogens is 332 g/mol. The zero-order chi connectivity index (χ0) is 17.8. The predicted molar refractivity (Wildman–Crippen MR) is 108 cm³/mol. The second-order valence-corrected chi connectivity index (χ2v) is 6.45. The first-order chi connectivity index (χ1) is 12.1. The van der Waals surface area contributed by atoms with E-state index >= 15 is 0 Å². The Balaban J connectivity index is 1.80. The van der Waals surface area contributed by atoms with Crippen molar-refractivity contribution < 1.29 is 4.74 Å². The first kappa shape index (κ1) is 17.2. The zero-order valence-electron chi connectivity index (χ0n) is 14.7. The molecule has 6 heteroatoms. The molecule has 0 bridgehead atoms. The Labute approximate surface area is 153 Å². The Morgan fingerprint density at radius 1 is 1.20 bits per heavy atom. The maximum absolute atomic E-state index is 5.48. The van der Waals surface area contributed by atoms with Crippen molar-refractivity contribution in [2.75, 3.05) is 29.7 Å². The van der Waals surface area contributed by atoms with Crippen molar-refractivity contribution in [3.63, 3.8) is 0 Å². The van der Waals surface area contributed by atoms with Crippen LogP contribution in [-0.2, 0) is 6.42 Å². The molecular formula is C19H22N4OS. The van der Waals surface area contributed by atoms with Crippen LogP contribution in [0.2, 0.25) is 0 Å². The lowest BCUT2D eigenvalue weighted by molar-refractivity contribution is 0.416. The van der Waals surface area contributed by atoms with Crippen LogP contribution in [0.1, 0.15) is 18.9 Å². The van der Waals surface area contributed by atoms with Crippen molar-refractivity contribution in [3.8, 4) is 5.75 Å². The number of pyridine rings is 1. The molecule has 5 nitrogen and oxygen atoms in total. The average molecular weight is 354 g/mol. The van der Waals surface area contributed by atoms with Crippen molar-refractivity contribution >= 4 is 34.4 Å². The summed E-state index contributed by atoms with van der Waals surface area (Å²) < 4.78 is 5.33. The second kappa shape index (κ2) is 7.53. The standard InChI is InChI=1S/C19H22N4OS/c1-13-7-8-14-15(5-4-6-17(14)23(2)12-13)21-19(25)22-16-11-20-10-9-18(16)24-3/h4-6,9-12H,7-8H2,1-3H3,(H2,21,22,25). The number of thiocarbonyl (C=S) groups is 1. The molecule has 0 saturated carbocycles. The molecule has 2 N–H and O–H groups in total. The largest absolute Gasteiger partial charge is 0.494 e. The number of methoxy groups -OCH3 is 1. The third-order valence-corrected chi connectivity index (χ3v) is 4.42. The summed E-state index contributed by atoms with van der Waals surface area (Å²) in [6, 6.07) is 8.03. The molecule has 0 aliphatic carbocycles.